The number of carbonyl (C=O) groups excluding carboxylic acids is 2. The molecule has 1 heterocycles. The third-order valence-corrected chi connectivity index (χ3v) is 3.27. The lowest BCUT2D eigenvalue weighted by Gasteiger charge is -2.15. The van der Waals surface area contributed by atoms with Crippen molar-refractivity contribution in [2.45, 2.75) is 24.9 Å². The van der Waals surface area contributed by atoms with Gasteiger partial charge in [-0.25, -0.2) is 13.6 Å². The Morgan fingerprint density at radius 2 is 2.10 bits per heavy atom. The van der Waals surface area contributed by atoms with Crippen molar-refractivity contribution < 1.29 is 23.1 Å². The normalized spacial score (nSPS) is 22.8. The van der Waals surface area contributed by atoms with Gasteiger partial charge in [-0.15, -0.1) is 0 Å². The van der Waals surface area contributed by atoms with Crippen molar-refractivity contribution in [2.24, 2.45) is 5.73 Å². The van der Waals surface area contributed by atoms with Gasteiger partial charge < -0.3 is 15.8 Å². The number of amides is 2. The SMILES string of the molecule is NC(=O)O[C@@H]1CC[C@@H](c2cccc(F)c2F)CNC1=O. The number of hydrogen-bond acceptors (Lipinski definition) is 3. The topological polar surface area (TPSA) is 81.4 Å². The molecule has 108 valence electrons. The minimum Gasteiger partial charge on any atom is -0.436 e. The predicted octanol–water partition coefficient (Wildman–Crippen LogP) is 1.42. The third-order valence-electron chi connectivity index (χ3n) is 3.27. The molecular formula is C13H14F2N2O3. The molecule has 1 aromatic rings. The zero-order valence-electron chi connectivity index (χ0n) is 10.6. The summed E-state index contributed by atoms with van der Waals surface area (Å²) in [5, 5.41) is 2.53. The highest BCUT2D eigenvalue weighted by atomic mass is 19.2. The van der Waals surface area contributed by atoms with E-state index in [0.29, 0.717) is 6.42 Å². The van der Waals surface area contributed by atoms with E-state index in [1.165, 1.54) is 12.1 Å². The lowest BCUT2D eigenvalue weighted by molar-refractivity contribution is -0.129. The highest BCUT2D eigenvalue weighted by molar-refractivity contribution is 5.83. The lowest BCUT2D eigenvalue weighted by Crippen LogP contribution is -2.37. The second-order valence-electron chi connectivity index (χ2n) is 4.59. The number of primary amides is 1. The summed E-state index contributed by atoms with van der Waals surface area (Å²) in [5.74, 6) is -2.71. The molecule has 1 saturated heterocycles. The molecule has 0 unspecified atom stereocenters. The van der Waals surface area contributed by atoms with Crippen LogP contribution in [-0.4, -0.2) is 24.6 Å². The van der Waals surface area contributed by atoms with Crippen molar-refractivity contribution in [3.05, 3.63) is 35.4 Å². The fraction of sp³-hybridized carbons (Fsp3) is 0.385. The number of nitrogens with one attached hydrogen (secondary N) is 1. The molecule has 2 amide bonds. The fourth-order valence-corrected chi connectivity index (χ4v) is 2.28. The Morgan fingerprint density at radius 1 is 1.35 bits per heavy atom. The van der Waals surface area contributed by atoms with E-state index in [4.69, 9.17) is 5.73 Å². The van der Waals surface area contributed by atoms with E-state index in [1.54, 1.807) is 0 Å². The quantitative estimate of drug-likeness (QED) is 0.861. The van der Waals surface area contributed by atoms with E-state index >= 15 is 0 Å². The summed E-state index contributed by atoms with van der Waals surface area (Å²) in [5.41, 5.74) is 5.07. The van der Waals surface area contributed by atoms with Crippen molar-refractivity contribution >= 4 is 12.0 Å². The average Bonchev–Trinajstić information content (AvgIpc) is 2.56. The summed E-state index contributed by atoms with van der Waals surface area (Å²) in [6.07, 6.45) is -1.46. The zero-order valence-corrected chi connectivity index (χ0v) is 10.6. The molecule has 0 spiro atoms. The zero-order chi connectivity index (χ0) is 14.7. The fourth-order valence-electron chi connectivity index (χ4n) is 2.28. The molecule has 0 aromatic heterocycles. The van der Waals surface area contributed by atoms with Gasteiger partial charge in [-0.05, 0) is 24.5 Å². The van der Waals surface area contributed by atoms with Crippen molar-refractivity contribution in [2.75, 3.05) is 6.54 Å². The summed E-state index contributed by atoms with van der Waals surface area (Å²) >= 11 is 0. The largest absolute Gasteiger partial charge is 0.436 e. The van der Waals surface area contributed by atoms with Crippen LogP contribution in [0.3, 0.4) is 0 Å². The Labute approximate surface area is 114 Å². The molecule has 7 heteroatoms. The Balaban J connectivity index is 2.14. The van der Waals surface area contributed by atoms with Gasteiger partial charge in [-0.2, -0.15) is 0 Å². The van der Waals surface area contributed by atoms with Crippen LogP contribution >= 0.6 is 0 Å². The van der Waals surface area contributed by atoms with Crippen LogP contribution in [0.5, 0.6) is 0 Å². The molecule has 2 atom stereocenters. The molecule has 0 aliphatic carbocycles. The molecule has 20 heavy (non-hydrogen) atoms. The molecule has 0 radical (unpaired) electrons. The summed E-state index contributed by atoms with van der Waals surface area (Å²) in [6, 6.07) is 3.93. The number of halogens is 2. The van der Waals surface area contributed by atoms with Crippen molar-refractivity contribution in [1.82, 2.24) is 5.32 Å². The van der Waals surface area contributed by atoms with E-state index in [0.717, 1.165) is 6.07 Å². The van der Waals surface area contributed by atoms with Gasteiger partial charge in [0.25, 0.3) is 5.91 Å². The first-order valence-corrected chi connectivity index (χ1v) is 6.16. The minimum absolute atomic E-state index is 0.151. The third kappa shape index (κ3) is 3.04. The molecule has 0 bridgehead atoms. The van der Waals surface area contributed by atoms with Gasteiger partial charge in [-0.3, -0.25) is 4.79 Å². The maximum atomic E-state index is 13.7. The van der Waals surface area contributed by atoms with Gasteiger partial charge in [0.1, 0.15) is 0 Å². The Bertz CT molecular complexity index is 536. The van der Waals surface area contributed by atoms with Gasteiger partial charge in [0.05, 0.1) is 0 Å². The maximum Gasteiger partial charge on any atom is 0.405 e. The molecule has 2 rings (SSSR count). The first-order chi connectivity index (χ1) is 9.49. The van der Waals surface area contributed by atoms with Crippen LogP contribution in [0.1, 0.15) is 24.3 Å². The van der Waals surface area contributed by atoms with Crippen LogP contribution in [0.2, 0.25) is 0 Å². The highest BCUT2D eigenvalue weighted by Gasteiger charge is 2.29. The van der Waals surface area contributed by atoms with Crippen molar-refractivity contribution in [1.29, 1.82) is 0 Å². The summed E-state index contributed by atoms with van der Waals surface area (Å²) < 4.78 is 31.6. The first-order valence-electron chi connectivity index (χ1n) is 6.16. The standard InChI is InChI=1S/C13H14F2N2O3/c14-9-3-1-2-8(11(9)15)7-4-5-10(20-13(16)19)12(18)17-6-7/h1-3,7,10H,4-6H2,(H2,16,19)(H,17,18)/t7-,10-/m1/s1. The molecule has 3 N–H and O–H groups in total. The molecule has 1 fully saturated rings. The van der Waals surface area contributed by atoms with Crippen molar-refractivity contribution in [3.63, 3.8) is 0 Å². The highest BCUT2D eigenvalue weighted by Crippen LogP contribution is 2.27. The van der Waals surface area contributed by atoms with Gasteiger partial charge in [-0.1, -0.05) is 12.1 Å². The van der Waals surface area contributed by atoms with Gasteiger partial charge in [0.2, 0.25) is 0 Å². The van der Waals surface area contributed by atoms with Crippen LogP contribution in [0.4, 0.5) is 13.6 Å². The van der Waals surface area contributed by atoms with E-state index in [-0.39, 0.29) is 24.4 Å². The smallest absolute Gasteiger partial charge is 0.405 e. The predicted molar refractivity (Wildman–Crippen MR) is 65.8 cm³/mol. The number of carbonyl (C=O) groups is 2. The molecule has 1 aromatic carbocycles. The van der Waals surface area contributed by atoms with Gasteiger partial charge in [0.15, 0.2) is 17.7 Å². The lowest BCUT2D eigenvalue weighted by atomic mass is 9.93. The average molecular weight is 284 g/mol. The van der Waals surface area contributed by atoms with E-state index in [9.17, 15) is 18.4 Å². The summed E-state index contributed by atoms with van der Waals surface area (Å²) in [6.45, 7) is 0.151. The van der Waals surface area contributed by atoms with Crippen LogP contribution in [-0.2, 0) is 9.53 Å². The monoisotopic (exact) mass is 284 g/mol. The van der Waals surface area contributed by atoms with Crippen LogP contribution < -0.4 is 11.1 Å². The second kappa shape index (κ2) is 5.85. The Kier molecular flexibility index (Phi) is 4.16. The van der Waals surface area contributed by atoms with E-state index < -0.39 is 29.7 Å². The molecule has 5 nitrogen and oxygen atoms in total. The Hall–Kier alpha value is -2.18. The van der Waals surface area contributed by atoms with Crippen molar-refractivity contribution in [3.8, 4) is 0 Å². The van der Waals surface area contributed by atoms with E-state index in [2.05, 4.69) is 10.1 Å². The number of ether oxygens (including phenoxy) is 1. The molecule has 1 aliphatic heterocycles. The molecule has 0 saturated carbocycles. The number of nitrogens with two attached hydrogens (primary N) is 1. The molecular weight excluding hydrogens is 270 g/mol. The minimum atomic E-state index is -1.04. The summed E-state index contributed by atoms with van der Waals surface area (Å²) in [4.78, 5) is 22.4. The Morgan fingerprint density at radius 3 is 2.80 bits per heavy atom. The van der Waals surface area contributed by atoms with Crippen LogP contribution in [0.25, 0.3) is 0 Å². The number of rotatable bonds is 2. The van der Waals surface area contributed by atoms with Gasteiger partial charge >= 0.3 is 6.09 Å². The second-order valence-corrected chi connectivity index (χ2v) is 4.59. The van der Waals surface area contributed by atoms with Crippen LogP contribution in [0, 0.1) is 11.6 Å². The van der Waals surface area contributed by atoms with Crippen LogP contribution in [0.15, 0.2) is 18.2 Å². The van der Waals surface area contributed by atoms with E-state index in [1.807, 2.05) is 0 Å². The summed E-state index contributed by atoms with van der Waals surface area (Å²) in [7, 11) is 0. The first kappa shape index (κ1) is 14.2. The molecule has 1 aliphatic rings. The number of hydrogen-bond donors (Lipinski definition) is 2. The van der Waals surface area contributed by atoms with Gasteiger partial charge in [0, 0.05) is 12.5 Å². The maximum absolute atomic E-state index is 13.7. The number of benzene rings is 1.